The normalized spacial score (nSPS) is 11.5. The van der Waals surface area contributed by atoms with E-state index in [1.807, 2.05) is 4.72 Å². The Morgan fingerprint density at radius 3 is 2.53 bits per heavy atom. The van der Waals surface area contributed by atoms with Crippen LogP contribution in [-0.4, -0.2) is 36.7 Å². The van der Waals surface area contributed by atoms with Crippen LogP contribution in [0.2, 0.25) is 5.15 Å². The highest BCUT2D eigenvalue weighted by Gasteiger charge is 2.22. The van der Waals surface area contributed by atoms with Gasteiger partial charge >= 0.3 is 15.9 Å². The molecule has 1 aromatic heterocycles. The Morgan fingerprint density at radius 1 is 1.47 bits per heavy atom. The summed E-state index contributed by atoms with van der Waals surface area (Å²) in [5, 5.41) is 10.6. The number of anilines is 1. The molecular weight excluding hydrogens is 272 g/mol. The van der Waals surface area contributed by atoms with Crippen LogP contribution in [0.5, 0.6) is 0 Å². The van der Waals surface area contributed by atoms with Gasteiger partial charge in [0.05, 0.1) is 4.92 Å². The van der Waals surface area contributed by atoms with Crippen LogP contribution in [-0.2, 0) is 10.2 Å². The largest absolute Gasteiger partial charge is 0.312 e. The molecule has 1 heterocycles. The number of rotatable bonds is 4. The molecule has 0 aromatic carbocycles. The van der Waals surface area contributed by atoms with Gasteiger partial charge in [-0.15, -0.1) is 0 Å². The molecule has 10 heteroatoms. The molecule has 0 aliphatic heterocycles. The van der Waals surface area contributed by atoms with Gasteiger partial charge in [0.2, 0.25) is 5.82 Å². The van der Waals surface area contributed by atoms with Crippen LogP contribution in [0.3, 0.4) is 0 Å². The van der Waals surface area contributed by atoms with Crippen molar-refractivity contribution in [1.29, 1.82) is 0 Å². The lowest BCUT2D eigenvalue weighted by molar-refractivity contribution is -0.384. The van der Waals surface area contributed by atoms with Crippen molar-refractivity contribution >= 4 is 33.3 Å². The average Bonchev–Trinajstić information content (AvgIpc) is 2.15. The first-order chi connectivity index (χ1) is 7.74. The molecule has 8 nitrogen and oxygen atoms in total. The van der Waals surface area contributed by atoms with Crippen LogP contribution in [0.1, 0.15) is 0 Å². The van der Waals surface area contributed by atoms with Crippen LogP contribution >= 0.6 is 11.6 Å². The van der Waals surface area contributed by atoms with Crippen molar-refractivity contribution < 1.29 is 13.3 Å². The zero-order valence-electron chi connectivity index (χ0n) is 8.92. The van der Waals surface area contributed by atoms with Crippen molar-refractivity contribution in [3.63, 3.8) is 0 Å². The van der Waals surface area contributed by atoms with Crippen LogP contribution in [0.25, 0.3) is 0 Å². The number of nitro groups is 1. The summed E-state index contributed by atoms with van der Waals surface area (Å²) in [6, 6.07) is 2.27. The molecule has 0 spiro atoms. The molecule has 0 fully saturated rings. The summed E-state index contributed by atoms with van der Waals surface area (Å²) >= 11 is 5.55. The predicted octanol–water partition coefficient (Wildman–Crippen LogP) is 0.862. The average molecular weight is 281 g/mol. The van der Waals surface area contributed by atoms with E-state index in [4.69, 9.17) is 11.6 Å². The third kappa shape index (κ3) is 3.25. The quantitative estimate of drug-likeness (QED) is 0.500. The molecule has 0 aliphatic carbocycles. The summed E-state index contributed by atoms with van der Waals surface area (Å²) in [7, 11) is -1.31. The Balaban J connectivity index is 3.22. The SMILES string of the molecule is CN(C)S(=O)(=O)Nc1nc(Cl)ccc1[N+](=O)[O-]. The summed E-state index contributed by atoms with van der Waals surface area (Å²) in [5.74, 6) is -0.420. The second-order valence-corrected chi connectivity index (χ2v) is 5.42. The smallest absolute Gasteiger partial charge is 0.258 e. The molecule has 0 saturated heterocycles. The van der Waals surface area contributed by atoms with Crippen molar-refractivity contribution in [3.8, 4) is 0 Å². The van der Waals surface area contributed by atoms with Crippen LogP contribution < -0.4 is 4.72 Å². The van der Waals surface area contributed by atoms with Crippen molar-refractivity contribution in [2.45, 2.75) is 0 Å². The van der Waals surface area contributed by atoms with Gasteiger partial charge in [-0.25, -0.2) is 9.71 Å². The van der Waals surface area contributed by atoms with Gasteiger partial charge in [0.15, 0.2) is 0 Å². The number of pyridine rings is 1. The zero-order chi connectivity index (χ0) is 13.2. The molecule has 1 rings (SSSR count). The number of hydrogen-bond donors (Lipinski definition) is 1. The highest BCUT2D eigenvalue weighted by molar-refractivity contribution is 7.90. The lowest BCUT2D eigenvalue weighted by Crippen LogP contribution is -2.29. The summed E-state index contributed by atoms with van der Waals surface area (Å²) in [4.78, 5) is 13.5. The molecule has 0 saturated carbocycles. The Bertz CT molecular complexity index is 545. The highest BCUT2D eigenvalue weighted by atomic mass is 35.5. The van der Waals surface area contributed by atoms with Gasteiger partial charge in [-0.3, -0.25) is 10.1 Å². The third-order valence-corrected chi connectivity index (χ3v) is 3.37. The van der Waals surface area contributed by atoms with Gasteiger partial charge in [0, 0.05) is 20.2 Å². The van der Waals surface area contributed by atoms with Gasteiger partial charge in [0.1, 0.15) is 5.15 Å². The molecule has 0 aliphatic rings. The maximum atomic E-state index is 11.5. The molecule has 0 unspecified atom stereocenters. The highest BCUT2D eigenvalue weighted by Crippen LogP contribution is 2.24. The van der Waals surface area contributed by atoms with Crippen LogP contribution in [0, 0.1) is 10.1 Å². The minimum atomic E-state index is -3.87. The van der Waals surface area contributed by atoms with E-state index in [1.165, 1.54) is 20.2 Å². The third-order valence-electron chi connectivity index (χ3n) is 1.74. The summed E-state index contributed by atoms with van der Waals surface area (Å²) in [6.45, 7) is 0. The molecular formula is C7H9ClN4O4S. The molecule has 0 bridgehead atoms. The van der Waals surface area contributed by atoms with Gasteiger partial charge in [-0.05, 0) is 6.07 Å². The summed E-state index contributed by atoms with van der Waals surface area (Å²) < 4.78 is 25.8. The Labute approximate surface area is 103 Å². The van der Waals surface area contributed by atoms with E-state index in [9.17, 15) is 18.5 Å². The first-order valence-electron chi connectivity index (χ1n) is 4.25. The fourth-order valence-electron chi connectivity index (χ4n) is 0.864. The summed E-state index contributed by atoms with van der Waals surface area (Å²) in [5.41, 5.74) is -0.472. The molecule has 0 radical (unpaired) electrons. The van der Waals surface area contributed by atoms with E-state index in [1.54, 1.807) is 0 Å². The molecule has 1 N–H and O–H groups in total. The van der Waals surface area contributed by atoms with Crippen LogP contribution in [0.15, 0.2) is 12.1 Å². The van der Waals surface area contributed by atoms with E-state index in [2.05, 4.69) is 4.98 Å². The van der Waals surface area contributed by atoms with Gasteiger partial charge in [-0.2, -0.15) is 12.7 Å². The van der Waals surface area contributed by atoms with E-state index in [0.29, 0.717) is 0 Å². The maximum absolute atomic E-state index is 11.5. The molecule has 94 valence electrons. The number of nitrogens with zero attached hydrogens (tertiary/aromatic N) is 3. The number of nitrogens with one attached hydrogen (secondary N) is 1. The molecule has 0 amide bonds. The van der Waals surface area contributed by atoms with Gasteiger partial charge in [0.25, 0.3) is 0 Å². The Morgan fingerprint density at radius 2 is 2.06 bits per heavy atom. The van der Waals surface area contributed by atoms with E-state index < -0.39 is 26.6 Å². The second kappa shape index (κ2) is 4.82. The van der Waals surface area contributed by atoms with Gasteiger partial charge in [-0.1, -0.05) is 11.6 Å². The molecule has 17 heavy (non-hydrogen) atoms. The van der Waals surface area contributed by atoms with E-state index >= 15 is 0 Å². The first kappa shape index (κ1) is 13.6. The zero-order valence-corrected chi connectivity index (χ0v) is 10.5. The van der Waals surface area contributed by atoms with Crippen molar-refractivity contribution in [2.75, 3.05) is 18.8 Å². The molecule has 1 aromatic rings. The van der Waals surface area contributed by atoms with E-state index in [0.717, 1.165) is 10.4 Å². The monoisotopic (exact) mass is 280 g/mol. The van der Waals surface area contributed by atoms with Crippen molar-refractivity contribution in [3.05, 3.63) is 27.4 Å². The number of aromatic nitrogens is 1. The number of halogens is 1. The second-order valence-electron chi connectivity index (χ2n) is 3.15. The lowest BCUT2D eigenvalue weighted by Gasteiger charge is -2.12. The van der Waals surface area contributed by atoms with Gasteiger partial charge < -0.3 is 0 Å². The fraction of sp³-hybridized carbons (Fsp3) is 0.286. The standard InChI is InChI=1S/C7H9ClN4O4S/c1-11(2)17(15,16)10-7-5(12(13)14)3-4-6(8)9-7/h3-4H,1-2H3,(H,9,10). The maximum Gasteiger partial charge on any atom is 0.312 e. The summed E-state index contributed by atoms with van der Waals surface area (Å²) in [6.07, 6.45) is 0. The fourth-order valence-corrected chi connectivity index (χ4v) is 1.59. The predicted molar refractivity (Wildman–Crippen MR) is 62.1 cm³/mol. The Hall–Kier alpha value is -1.45. The van der Waals surface area contributed by atoms with Crippen LogP contribution in [0.4, 0.5) is 11.5 Å². The topological polar surface area (TPSA) is 105 Å². The first-order valence-corrected chi connectivity index (χ1v) is 6.07. The van der Waals surface area contributed by atoms with Crippen molar-refractivity contribution in [2.24, 2.45) is 0 Å². The molecule has 0 atom stereocenters. The van der Waals surface area contributed by atoms with E-state index in [-0.39, 0.29) is 5.15 Å². The number of hydrogen-bond acceptors (Lipinski definition) is 5. The minimum Gasteiger partial charge on any atom is -0.258 e. The van der Waals surface area contributed by atoms with Crippen molar-refractivity contribution in [1.82, 2.24) is 9.29 Å². The Kier molecular flexibility index (Phi) is 3.86. The lowest BCUT2D eigenvalue weighted by atomic mass is 10.4. The minimum absolute atomic E-state index is 0.0490.